The molecular formula is C27H39F2NO4S. The summed E-state index contributed by atoms with van der Waals surface area (Å²) in [6, 6.07) is 1.94. The van der Waals surface area contributed by atoms with Crippen LogP contribution in [0.5, 0.6) is 0 Å². The lowest BCUT2D eigenvalue weighted by molar-refractivity contribution is -0.124. The average molecular weight is 512 g/mol. The molecule has 3 saturated carbocycles. The Labute approximate surface area is 211 Å². The summed E-state index contributed by atoms with van der Waals surface area (Å²) in [4.78, 5) is 30.1. The van der Waals surface area contributed by atoms with Crippen molar-refractivity contribution in [2.45, 2.75) is 108 Å². The number of rotatable bonds is 6. The molecule has 0 aliphatic heterocycles. The summed E-state index contributed by atoms with van der Waals surface area (Å²) < 4.78 is 38.3. The van der Waals surface area contributed by atoms with Gasteiger partial charge in [0.05, 0.1) is 18.9 Å². The molecule has 0 radical (unpaired) electrons. The highest BCUT2D eigenvalue weighted by Crippen LogP contribution is 2.46. The van der Waals surface area contributed by atoms with E-state index in [1.807, 2.05) is 11.0 Å². The summed E-state index contributed by atoms with van der Waals surface area (Å²) in [6.45, 7) is 2.23. The Hall–Kier alpha value is -1.54. The smallest absolute Gasteiger partial charge is 0.350 e. The van der Waals surface area contributed by atoms with Crippen LogP contribution in [0.25, 0.3) is 0 Å². The van der Waals surface area contributed by atoms with Gasteiger partial charge in [-0.3, -0.25) is 4.79 Å². The first-order valence-electron chi connectivity index (χ1n) is 13.2. The van der Waals surface area contributed by atoms with E-state index in [0.29, 0.717) is 29.3 Å². The van der Waals surface area contributed by atoms with Crippen LogP contribution in [0.15, 0.2) is 6.07 Å². The second-order valence-corrected chi connectivity index (χ2v) is 11.9. The van der Waals surface area contributed by atoms with Crippen LogP contribution in [0.4, 0.5) is 14.5 Å². The maximum Gasteiger partial charge on any atom is 0.350 e. The van der Waals surface area contributed by atoms with Gasteiger partial charge in [0.2, 0.25) is 11.8 Å². The Morgan fingerprint density at radius 1 is 0.971 bits per heavy atom. The molecule has 8 heteroatoms. The first-order valence-corrected chi connectivity index (χ1v) is 14.0. The Morgan fingerprint density at radius 2 is 1.60 bits per heavy atom. The van der Waals surface area contributed by atoms with E-state index in [1.165, 1.54) is 18.4 Å². The monoisotopic (exact) mass is 511 g/mol. The molecule has 35 heavy (non-hydrogen) atoms. The number of nitrogens with zero attached hydrogens (tertiary/aromatic N) is 1. The van der Waals surface area contributed by atoms with Gasteiger partial charge in [-0.05, 0) is 82.1 Å². The zero-order valence-corrected chi connectivity index (χ0v) is 22.0. The second kappa shape index (κ2) is 11.2. The molecule has 196 valence electrons. The zero-order chi connectivity index (χ0) is 25.2. The van der Waals surface area contributed by atoms with E-state index in [2.05, 4.69) is 6.92 Å². The second-order valence-electron chi connectivity index (χ2n) is 10.8. The fourth-order valence-corrected chi connectivity index (χ4v) is 7.32. The van der Waals surface area contributed by atoms with Crippen LogP contribution < -0.4 is 4.90 Å². The van der Waals surface area contributed by atoms with Gasteiger partial charge < -0.3 is 14.4 Å². The Morgan fingerprint density at radius 3 is 2.17 bits per heavy atom. The Kier molecular flexibility index (Phi) is 8.52. The number of ether oxygens (including phenoxy) is 2. The number of esters is 1. The van der Waals surface area contributed by atoms with Crippen molar-refractivity contribution in [2.24, 2.45) is 11.8 Å². The van der Waals surface area contributed by atoms with Gasteiger partial charge in [0.15, 0.2) is 0 Å². The van der Waals surface area contributed by atoms with Crippen molar-refractivity contribution in [2.75, 3.05) is 19.1 Å². The quantitative estimate of drug-likeness (QED) is 0.388. The summed E-state index contributed by atoms with van der Waals surface area (Å²) in [5, 5.41) is 0. The molecule has 5 nitrogen and oxygen atoms in total. The minimum atomic E-state index is -2.61. The van der Waals surface area contributed by atoms with E-state index in [4.69, 9.17) is 9.47 Å². The van der Waals surface area contributed by atoms with Crippen molar-refractivity contribution in [3.8, 4) is 0 Å². The minimum absolute atomic E-state index is 0.00482. The number of carbonyl (C=O) groups excluding carboxylic acids is 2. The normalized spacial score (nSPS) is 29.5. The molecule has 0 N–H and O–H groups in total. The Balaban J connectivity index is 1.67. The number of halogens is 2. The molecular weight excluding hydrogens is 472 g/mol. The van der Waals surface area contributed by atoms with E-state index in [1.54, 1.807) is 7.11 Å². The highest BCUT2D eigenvalue weighted by atomic mass is 32.1. The van der Waals surface area contributed by atoms with Gasteiger partial charge in [-0.15, -0.1) is 11.3 Å². The number of anilines is 1. The van der Waals surface area contributed by atoms with Gasteiger partial charge in [0.25, 0.3) is 0 Å². The molecule has 3 fully saturated rings. The van der Waals surface area contributed by atoms with Gasteiger partial charge in [0.1, 0.15) is 4.88 Å². The predicted molar refractivity (Wildman–Crippen MR) is 133 cm³/mol. The number of thiophene rings is 1. The molecule has 1 amide bonds. The highest BCUT2D eigenvalue weighted by Gasteiger charge is 2.40. The SMILES string of the molecule is COC(=O)c1sc(C2CCC(F)(F)CC2)cc1N(C(=O)[C@H]1CC[C@H](C)CC1)[C@H]1CC[C@H](OC)CC1. The predicted octanol–water partition coefficient (Wildman–Crippen LogP) is 6.94. The topological polar surface area (TPSA) is 55.8 Å². The van der Waals surface area contributed by atoms with Crippen molar-refractivity contribution in [3.63, 3.8) is 0 Å². The van der Waals surface area contributed by atoms with E-state index in [-0.39, 0.29) is 42.7 Å². The van der Waals surface area contributed by atoms with E-state index >= 15 is 0 Å². The molecule has 0 unspecified atom stereocenters. The highest BCUT2D eigenvalue weighted by molar-refractivity contribution is 7.14. The fourth-order valence-electron chi connectivity index (χ4n) is 6.08. The first-order chi connectivity index (χ1) is 16.7. The molecule has 3 aliphatic carbocycles. The van der Waals surface area contributed by atoms with E-state index in [0.717, 1.165) is 56.2 Å². The number of alkyl halides is 2. The molecule has 1 aromatic rings. The molecule has 0 atom stereocenters. The number of carbonyl (C=O) groups is 2. The summed E-state index contributed by atoms with van der Waals surface area (Å²) in [6.07, 6.45) is 7.88. The maximum absolute atomic E-state index is 14.0. The average Bonchev–Trinajstić information content (AvgIpc) is 3.29. The van der Waals surface area contributed by atoms with Crippen molar-refractivity contribution >= 4 is 28.9 Å². The molecule has 0 spiro atoms. The lowest BCUT2D eigenvalue weighted by atomic mass is 9.81. The van der Waals surface area contributed by atoms with Crippen molar-refractivity contribution in [3.05, 3.63) is 15.8 Å². The maximum atomic E-state index is 14.0. The molecule has 0 aromatic carbocycles. The van der Waals surface area contributed by atoms with Gasteiger partial charge >= 0.3 is 5.97 Å². The van der Waals surface area contributed by atoms with Gasteiger partial charge in [0, 0.05) is 36.8 Å². The number of methoxy groups -OCH3 is 2. The van der Waals surface area contributed by atoms with Crippen molar-refractivity contribution in [1.82, 2.24) is 0 Å². The van der Waals surface area contributed by atoms with Crippen LogP contribution in [0.1, 0.15) is 104 Å². The van der Waals surface area contributed by atoms with Crippen molar-refractivity contribution < 1.29 is 27.8 Å². The first kappa shape index (κ1) is 26.5. The zero-order valence-electron chi connectivity index (χ0n) is 21.2. The van der Waals surface area contributed by atoms with Crippen LogP contribution >= 0.6 is 11.3 Å². The Bertz CT molecular complexity index is 878. The van der Waals surface area contributed by atoms with Crippen LogP contribution in [0.3, 0.4) is 0 Å². The van der Waals surface area contributed by atoms with Gasteiger partial charge in [-0.2, -0.15) is 0 Å². The van der Waals surface area contributed by atoms with Crippen LogP contribution in [-0.2, 0) is 14.3 Å². The molecule has 1 heterocycles. The largest absolute Gasteiger partial charge is 0.465 e. The van der Waals surface area contributed by atoms with E-state index < -0.39 is 11.9 Å². The van der Waals surface area contributed by atoms with Gasteiger partial charge in [-0.1, -0.05) is 6.92 Å². The summed E-state index contributed by atoms with van der Waals surface area (Å²) >= 11 is 1.32. The number of hydrogen-bond donors (Lipinski definition) is 0. The van der Waals surface area contributed by atoms with Gasteiger partial charge in [-0.25, -0.2) is 13.6 Å². The molecule has 1 aromatic heterocycles. The third kappa shape index (κ3) is 6.07. The van der Waals surface area contributed by atoms with Crippen molar-refractivity contribution in [1.29, 1.82) is 0 Å². The summed E-state index contributed by atoms with van der Waals surface area (Å²) in [7, 11) is 3.08. The molecule has 0 bridgehead atoms. The summed E-state index contributed by atoms with van der Waals surface area (Å²) in [5.41, 5.74) is 0.624. The standard InChI is InChI=1S/C27H39F2NO4S/c1-17-4-6-19(7-5-17)25(31)30(20-8-10-21(33-2)11-9-20)22-16-23(35-24(22)26(32)34-3)18-12-14-27(28,29)15-13-18/h16-21H,4-15H2,1-3H3/t17-,19-,20-,21-. The number of hydrogen-bond acceptors (Lipinski definition) is 5. The molecule has 0 saturated heterocycles. The van der Waals surface area contributed by atoms with E-state index in [9.17, 15) is 18.4 Å². The minimum Gasteiger partial charge on any atom is -0.465 e. The number of amides is 1. The third-order valence-electron chi connectivity index (χ3n) is 8.43. The molecule has 4 rings (SSSR count). The van der Waals surface area contributed by atoms with Crippen LogP contribution in [-0.4, -0.2) is 44.2 Å². The van der Waals surface area contributed by atoms with Crippen LogP contribution in [0.2, 0.25) is 0 Å². The lowest BCUT2D eigenvalue weighted by Crippen LogP contribution is -2.47. The summed E-state index contributed by atoms with van der Waals surface area (Å²) in [5.74, 6) is -2.41. The third-order valence-corrected chi connectivity index (χ3v) is 9.69. The fraction of sp³-hybridized carbons (Fsp3) is 0.778. The van der Waals surface area contributed by atoms with Crippen LogP contribution in [0, 0.1) is 11.8 Å². The molecule has 3 aliphatic rings. The lowest BCUT2D eigenvalue weighted by Gasteiger charge is -2.39.